The molecule has 0 aliphatic heterocycles. The molecule has 1 heterocycles. The van der Waals surface area contributed by atoms with Crippen LogP contribution in [0.25, 0.3) is 17.1 Å². The number of nitrogens with one attached hydrogen (secondary N) is 1. The summed E-state index contributed by atoms with van der Waals surface area (Å²) in [5.41, 5.74) is 2.96. The Morgan fingerprint density at radius 3 is 2.45 bits per heavy atom. The van der Waals surface area contributed by atoms with E-state index in [2.05, 4.69) is 15.3 Å². The molecule has 148 valence electrons. The van der Waals surface area contributed by atoms with Crippen LogP contribution >= 0.6 is 0 Å². The van der Waals surface area contributed by atoms with Gasteiger partial charge in [-0.25, -0.2) is 4.98 Å². The van der Waals surface area contributed by atoms with E-state index in [-0.39, 0.29) is 24.4 Å². The van der Waals surface area contributed by atoms with E-state index in [9.17, 15) is 9.59 Å². The first-order valence-corrected chi connectivity index (χ1v) is 9.46. The third kappa shape index (κ3) is 5.97. The van der Waals surface area contributed by atoms with Gasteiger partial charge in [0.05, 0.1) is 41.5 Å². The number of esters is 1. The lowest BCUT2D eigenvalue weighted by Gasteiger charge is -2.18. The molecule has 0 saturated heterocycles. The summed E-state index contributed by atoms with van der Waals surface area (Å²) in [6.45, 7) is 3.59. The van der Waals surface area contributed by atoms with Crippen molar-refractivity contribution in [2.75, 3.05) is 0 Å². The van der Waals surface area contributed by atoms with Crippen LogP contribution in [0.2, 0.25) is 0 Å². The van der Waals surface area contributed by atoms with E-state index < -0.39 is 6.04 Å². The van der Waals surface area contributed by atoms with Crippen molar-refractivity contribution in [1.29, 1.82) is 0 Å². The molecule has 1 amide bonds. The highest BCUT2D eigenvalue weighted by Gasteiger charge is 2.19. The number of fused-ring (bicyclic) bond motifs is 1. The lowest BCUT2D eigenvalue weighted by atomic mass is 10.0. The molecule has 1 atom stereocenters. The molecule has 2 aromatic carbocycles. The van der Waals surface area contributed by atoms with E-state index in [0.29, 0.717) is 5.69 Å². The first-order valence-electron chi connectivity index (χ1n) is 9.46. The Kier molecular flexibility index (Phi) is 6.68. The molecule has 0 aliphatic rings. The Labute approximate surface area is 169 Å². The van der Waals surface area contributed by atoms with E-state index >= 15 is 0 Å². The molecule has 1 unspecified atom stereocenters. The van der Waals surface area contributed by atoms with Gasteiger partial charge in [-0.2, -0.15) is 0 Å². The molecule has 0 aliphatic carbocycles. The SMILES string of the molecule is CC(C)OC(=O)CC(NC(=O)/C=C/c1cnc2ccccc2n1)c1ccccc1. The Bertz CT molecular complexity index is 1020. The van der Waals surface area contributed by atoms with Crippen molar-refractivity contribution >= 4 is 29.0 Å². The molecule has 0 radical (unpaired) electrons. The summed E-state index contributed by atoms with van der Waals surface area (Å²) >= 11 is 0. The van der Waals surface area contributed by atoms with Crippen molar-refractivity contribution in [3.63, 3.8) is 0 Å². The van der Waals surface area contributed by atoms with E-state index in [0.717, 1.165) is 16.6 Å². The zero-order valence-corrected chi connectivity index (χ0v) is 16.4. The van der Waals surface area contributed by atoms with Crippen LogP contribution in [0, 0.1) is 0 Å². The van der Waals surface area contributed by atoms with Gasteiger partial charge in [-0.15, -0.1) is 0 Å². The summed E-state index contributed by atoms with van der Waals surface area (Å²) in [7, 11) is 0. The number of benzene rings is 2. The number of ether oxygens (including phenoxy) is 1. The molecular weight excluding hydrogens is 366 g/mol. The summed E-state index contributed by atoms with van der Waals surface area (Å²) in [5, 5.41) is 2.87. The van der Waals surface area contributed by atoms with Gasteiger partial charge in [-0.05, 0) is 37.6 Å². The highest BCUT2D eigenvalue weighted by Crippen LogP contribution is 2.18. The van der Waals surface area contributed by atoms with E-state index in [1.54, 1.807) is 26.1 Å². The fourth-order valence-electron chi connectivity index (χ4n) is 2.85. The third-order valence-corrected chi connectivity index (χ3v) is 4.13. The predicted octanol–water partition coefficient (Wildman–Crippen LogP) is 3.84. The molecule has 1 aromatic heterocycles. The number of hydrogen-bond acceptors (Lipinski definition) is 5. The van der Waals surface area contributed by atoms with Crippen LogP contribution in [-0.2, 0) is 14.3 Å². The molecule has 0 bridgehead atoms. The Hall–Kier alpha value is -3.54. The number of carbonyl (C=O) groups excluding carboxylic acids is 2. The van der Waals surface area contributed by atoms with Gasteiger partial charge < -0.3 is 10.1 Å². The second-order valence-electron chi connectivity index (χ2n) is 6.83. The van der Waals surface area contributed by atoms with Crippen LogP contribution in [0.3, 0.4) is 0 Å². The zero-order valence-electron chi connectivity index (χ0n) is 16.4. The van der Waals surface area contributed by atoms with Gasteiger partial charge in [-0.3, -0.25) is 14.6 Å². The second-order valence-corrected chi connectivity index (χ2v) is 6.83. The molecular formula is C23H23N3O3. The first-order chi connectivity index (χ1) is 14.0. The van der Waals surface area contributed by atoms with Gasteiger partial charge in [0.1, 0.15) is 0 Å². The van der Waals surface area contributed by atoms with Crippen molar-refractivity contribution in [3.05, 3.63) is 78.1 Å². The topological polar surface area (TPSA) is 81.2 Å². The Morgan fingerprint density at radius 2 is 1.72 bits per heavy atom. The molecule has 29 heavy (non-hydrogen) atoms. The number of amides is 1. The smallest absolute Gasteiger partial charge is 0.308 e. The molecule has 3 aromatic rings. The van der Waals surface area contributed by atoms with Gasteiger partial charge in [-0.1, -0.05) is 42.5 Å². The number of aromatic nitrogens is 2. The van der Waals surface area contributed by atoms with Gasteiger partial charge in [0.15, 0.2) is 0 Å². The average molecular weight is 389 g/mol. The summed E-state index contributed by atoms with van der Waals surface area (Å²) in [6.07, 6.45) is 4.45. The first kappa shape index (κ1) is 20.2. The number of para-hydroxylation sites is 2. The van der Waals surface area contributed by atoms with Gasteiger partial charge in [0.25, 0.3) is 0 Å². The maximum absolute atomic E-state index is 12.5. The number of nitrogens with zero attached hydrogens (tertiary/aromatic N) is 2. The quantitative estimate of drug-likeness (QED) is 0.490. The normalized spacial score (nSPS) is 12.2. The molecule has 0 saturated carbocycles. The predicted molar refractivity (Wildman–Crippen MR) is 112 cm³/mol. The van der Waals surface area contributed by atoms with Crippen molar-refractivity contribution in [1.82, 2.24) is 15.3 Å². The van der Waals surface area contributed by atoms with E-state index in [4.69, 9.17) is 4.74 Å². The van der Waals surface area contributed by atoms with Gasteiger partial charge in [0.2, 0.25) is 5.91 Å². The largest absolute Gasteiger partial charge is 0.463 e. The summed E-state index contributed by atoms with van der Waals surface area (Å²) in [4.78, 5) is 33.4. The second kappa shape index (κ2) is 9.59. The van der Waals surface area contributed by atoms with Crippen molar-refractivity contribution in [2.24, 2.45) is 0 Å². The third-order valence-electron chi connectivity index (χ3n) is 4.13. The zero-order chi connectivity index (χ0) is 20.6. The molecule has 6 nitrogen and oxygen atoms in total. The molecule has 0 fully saturated rings. The number of rotatable bonds is 7. The Balaban J connectivity index is 1.71. The number of hydrogen-bond donors (Lipinski definition) is 1. The standard InChI is InChI=1S/C23H23N3O3/c1-16(2)29-23(28)14-21(17-8-4-3-5-9-17)26-22(27)13-12-18-15-24-19-10-6-7-11-20(19)25-18/h3-13,15-16,21H,14H2,1-2H3,(H,26,27)/b13-12+. The highest BCUT2D eigenvalue weighted by atomic mass is 16.5. The molecule has 6 heteroatoms. The fraction of sp³-hybridized carbons (Fsp3) is 0.217. The lowest BCUT2D eigenvalue weighted by molar-refractivity contribution is -0.148. The minimum atomic E-state index is -0.484. The van der Waals surface area contributed by atoms with Gasteiger partial charge >= 0.3 is 5.97 Å². The molecule has 0 spiro atoms. The van der Waals surface area contributed by atoms with Gasteiger partial charge in [0, 0.05) is 6.08 Å². The van der Waals surface area contributed by atoms with Crippen molar-refractivity contribution in [3.8, 4) is 0 Å². The highest BCUT2D eigenvalue weighted by molar-refractivity contribution is 5.92. The summed E-state index contributed by atoms with van der Waals surface area (Å²) < 4.78 is 5.23. The Morgan fingerprint density at radius 1 is 1.03 bits per heavy atom. The van der Waals surface area contributed by atoms with Crippen LogP contribution < -0.4 is 5.32 Å². The minimum Gasteiger partial charge on any atom is -0.463 e. The maximum atomic E-state index is 12.5. The maximum Gasteiger partial charge on any atom is 0.308 e. The molecule has 1 N–H and O–H groups in total. The summed E-state index contributed by atoms with van der Waals surface area (Å²) in [6, 6.07) is 16.4. The van der Waals surface area contributed by atoms with Crippen LogP contribution in [0.5, 0.6) is 0 Å². The summed E-state index contributed by atoms with van der Waals surface area (Å²) in [5.74, 6) is -0.690. The van der Waals surface area contributed by atoms with Crippen LogP contribution in [0.15, 0.2) is 66.9 Å². The lowest BCUT2D eigenvalue weighted by Crippen LogP contribution is -2.29. The molecule has 3 rings (SSSR count). The average Bonchev–Trinajstić information content (AvgIpc) is 2.71. The van der Waals surface area contributed by atoms with Crippen LogP contribution in [0.1, 0.15) is 37.6 Å². The monoisotopic (exact) mass is 389 g/mol. The fourth-order valence-corrected chi connectivity index (χ4v) is 2.85. The number of carbonyl (C=O) groups is 2. The van der Waals surface area contributed by atoms with E-state index in [1.165, 1.54) is 6.08 Å². The van der Waals surface area contributed by atoms with Crippen LogP contribution in [0.4, 0.5) is 0 Å². The van der Waals surface area contributed by atoms with Crippen molar-refractivity contribution in [2.45, 2.75) is 32.4 Å². The van der Waals surface area contributed by atoms with Crippen molar-refractivity contribution < 1.29 is 14.3 Å². The van der Waals surface area contributed by atoms with Crippen LogP contribution in [-0.4, -0.2) is 27.9 Å². The van der Waals surface area contributed by atoms with E-state index in [1.807, 2.05) is 54.6 Å². The minimum absolute atomic E-state index is 0.0531.